The number of likely N-dealkylation sites (tertiary alicyclic amines) is 1. The SMILES string of the molecule is O=C(CN1C(=O)S/C(=C\c2cc(Br)c(Br)o2)C1=O)N1CCCCC1. The number of hydrogen-bond donors (Lipinski definition) is 0. The Labute approximate surface area is 159 Å². The summed E-state index contributed by atoms with van der Waals surface area (Å²) in [4.78, 5) is 39.7. The van der Waals surface area contributed by atoms with E-state index in [1.54, 1.807) is 11.0 Å². The van der Waals surface area contributed by atoms with E-state index in [0.29, 0.717) is 28.0 Å². The number of imide groups is 1. The van der Waals surface area contributed by atoms with Gasteiger partial charge < -0.3 is 9.32 Å². The number of piperidine rings is 1. The first-order valence-corrected chi connectivity index (χ1v) is 9.84. The van der Waals surface area contributed by atoms with Crippen molar-refractivity contribution in [3.63, 3.8) is 0 Å². The fraction of sp³-hybridized carbons (Fsp3) is 0.400. The molecule has 0 saturated carbocycles. The molecule has 3 amide bonds. The Morgan fingerprint density at radius 1 is 1.25 bits per heavy atom. The molecule has 6 nitrogen and oxygen atoms in total. The van der Waals surface area contributed by atoms with Gasteiger partial charge in [0.1, 0.15) is 12.3 Å². The lowest BCUT2D eigenvalue weighted by Gasteiger charge is -2.27. The molecule has 24 heavy (non-hydrogen) atoms. The normalized spacial score (nSPS) is 20.3. The van der Waals surface area contributed by atoms with E-state index in [9.17, 15) is 14.4 Å². The van der Waals surface area contributed by atoms with E-state index in [-0.39, 0.29) is 17.4 Å². The first-order valence-electron chi connectivity index (χ1n) is 7.43. The number of thioether (sulfide) groups is 1. The lowest BCUT2D eigenvalue weighted by atomic mass is 10.1. The van der Waals surface area contributed by atoms with Gasteiger partial charge in [0, 0.05) is 19.2 Å². The number of furan rings is 1. The van der Waals surface area contributed by atoms with Crippen LogP contribution in [0.4, 0.5) is 4.79 Å². The maximum Gasteiger partial charge on any atom is 0.294 e. The molecular formula is C15H14Br2N2O4S. The third kappa shape index (κ3) is 3.78. The summed E-state index contributed by atoms with van der Waals surface area (Å²) in [7, 11) is 0. The maximum absolute atomic E-state index is 12.4. The van der Waals surface area contributed by atoms with E-state index < -0.39 is 11.1 Å². The Kier molecular flexibility index (Phi) is 5.51. The molecule has 1 aromatic rings. The number of carbonyl (C=O) groups excluding carboxylic acids is 3. The first kappa shape index (κ1) is 17.8. The molecule has 128 valence electrons. The average Bonchev–Trinajstić information content (AvgIpc) is 3.01. The summed E-state index contributed by atoms with van der Waals surface area (Å²) in [5.41, 5.74) is 0. The molecule has 0 aromatic carbocycles. The van der Waals surface area contributed by atoms with Crippen molar-refractivity contribution in [2.75, 3.05) is 19.6 Å². The highest BCUT2D eigenvalue weighted by molar-refractivity contribution is 9.13. The molecule has 0 spiro atoms. The van der Waals surface area contributed by atoms with Crippen molar-refractivity contribution < 1.29 is 18.8 Å². The third-order valence-corrected chi connectivity index (χ3v) is 6.43. The first-order chi connectivity index (χ1) is 11.5. The second-order valence-corrected chi connectivity index (χ2v) is 8.05. The molecule has 2 fully saturated rings. The number of nitrogens with zero attached hydrogens (tertiary/aromatic N) is 2. The van der Waals surface area contributed by atoms with Crippen LogP contribution >= 0.6 is 43.6 Å². The third-order valence-electron chi connectivity index (χ3n) is 3.81. The number of rotatable bonds is 3. The molecule has 9 heteroatoms. The fourth-order valence-electron chi connectivity index (χ4n) is 2.58. The highest BCUT2D eigenvalue weighted by Crippen LogP contribution is 2.34. The number of amides is 3. The van der Waals surface area contributed by atoms with Crippen LogP contribution in [-0.2, 0) is 9.59 Å². The lowest BCUT2D eigenvalue weighted by molar-refractivity contribution is -0.136. The monoisotopic (exact) mass is 476 g/mol. The van der Waals surface area contributed by atoms with Crippen LogP contribution in [0.1, 0.15) is 25.0 Å². The Hall–Kier alpha value is -1.06. The number of halogens is 2. The minimum Gasteiger partial charge on any atom is -0.449 e. The molecule has 2 saturated heterocycles. The summed E-state index contributed by atoms with van der Waals surface area (Å²) < 4.78 is 6.62. The summed E-state index contributed by atoms with van der Waals surface area (Å²) in [5, 5.41) is -0.429. The standard InChI is InChI=1S/C15H14Br2N2O4S/c16-10-6-9(23-13(10)17)7-11-14(21)19(15(22)24-11)8-12(20)18-4-2-1-3-5-18/h6-7H,1-5,8H2/b11-7-. The van der Waals surface area contributed by atoms with E-state index in [2.05, 4.69) is 31.9 Å². The zero-order valence-electron chi connectivity index (χ0n) is 12.6. The van der Waals surface area contributed by atoms with E-state index in [4.69, 9.17) is 4.42 Å². The Morgan fingerprint density at radius 2 is 1.96 bits per heavy atom. The number of carbonyl (C=O) groups is 3. The maximum atomic E-state index is 12.4. The zero-order valence-corrected chi connectivity index (χ0v) is 16.6. The minimum absolute atomic E-state index is 0.179. The largest absolute Gasteiger partial charge is 0.449 e. The van der Waals surface area contributed by atoms with Gasteiger partial charge in [-0.2, -0.15) is 0 Å². The molecule has 0 bridgehead atoms. The van der Waals surface area contributed by atoms with Crippen LogP contribution in [0.3, 0.4) is 0 Å². The molecule has 2 aliphatic heterocycles. The van der Waals surface area contributed by atoms with Gasteiger partial charge in [-0.05, 0) is 69.0 Å². The molecule has 0 N–H and O–H groups in total. The van der Waals surface area contributed by atoms with Crippen LogP contribution < -0.4 is 0 Å². The van der Waals surface area contributed by atoms with Crippen molar-refractivity contribution in [2.24, 2.45) is 0 Å². The second kappa shape index (κ2) is 7.45. The van der Waals surface area contributed by atoms with Gasteiger partial charge in [-0.1, -0.05) is 0 Å². The van der Waals surface area contributed by atoms with Gasteiger partial charge in [-0.25, -0.2) is 0 Å². The van der Waals surface area contributed by atoms with Gasteiger partial charge in [0.2, 0.25) is 5.91 Å². The van der Waals surface area contributed by atoms with Crippen molar-refractivity contribution in [2.45, 2.75) is 19.3 Å². The van der Waals surface area contributed by atoms with Gasteiger partial charge in [-0.3, -0.25) is 19.3 Å². The van der Waals surface area contributed by atoms with Crippen molar-refractivity contribution in [1.29, 1.82) is 0 Å². The molecule has 0 radical (unpaired) electrons. The van der Waals surface area contributed by atoms with Crippen molar-refractivity contribution in [1.82, 2.24) is 9.80 Å². The molecule has 1 aromatic heterocycles. The Balaban J connectivity index is 1.70. The molecular weight excluding hydrogens is 464 g/mol. The average molecular weight is 478 g/mol. The van der Waals surface area contributed by atoms with E-state index in [1.807, 2.05) is 0 Å². The molecule has 0 unspecified atom stereocenters. The molecule has 0 atom stereocenters. The van der Waals surface area contributed by atoms with Crippen LogP contribution in [0.5, 0.6) is 0 Å². The Morgan fingerprint density at radius 3 is 2.58 bits per heavy atom. The van der Waals surface area contributed by atoms with Gasteiger partial charge in [0.25, 0.3) is 11.1 Å². The van der Waals surface area contributed by atoms with E-state index in [1.165, 1.54) is 6.08 Å². The van der Waals surface area contributed by atoms with Gasteiger partial charge in [-0.15, -0.1) is 0 Å². The molecule has 0 aliphatic carbocycles. The highest BCUT2D eigenvalue weighted by Gasteiger charge is 2.37. The molecule has 2 aliphatic rings. The van der Waals surface area contributed by atoms with Crippen LogP contribution in [-0.4, -0.2) is 46.5 Å². The molecule has 3 rings (SSSR count). The quantitative estimate of drug-likeness (QED) is 0.618. The summed E-state index contributed by atoms with van der Waals surface area (Å²) in [5.74, 6) is -0.192. The second-order valence-electron chi connectivity index (χ2n) is 5.48. The van der Waals surface area contributed by atoms with Crippen LogP contribution in [0, 0.1) is 0 Å². The zero-order chi connectivity index (χ0) is 17.3. The van der Waals surface area contributed by atoms with Crippen molar-refractivity contribution >= 4 is 66.8 Å². The van der Waals surface area contributed by atoms with Crippen molar-refractivity contribution in [3.8, 4) is 0 Å². The topological polar surface area (TPSA) is 70.8 Å². The predicted octanol–water partition coefficient (Wildman–Crippen LogP) is 3.85. The fourth-order valence-corrected chi connectivity index (χ4v) is 4.00. The van der Waals surface area contributed by atoms with Crippen molar-refractivity contribution in [3.05, 3.63) is 25.9 Å². The summed E-state index contributed by atoms with van der Waals surface area (Å²) in [6.07, 6.45) is 4.56. The van der Waals surface area contributed by atoms with Crippen LogP contribution in [0.15, 0.2) is 24.5 Å². The van der Waals surface area contributed by atoms with Gasteiger partial charge in [0.05, 0.1) is 9.38 Å². The van der Waals surface area contributed by atoms with Crippen LogP contribution in [0.2, 0.25) is 0 Å². The van der Waals surface area contributed by atoms with Gasteiger partial charge in [0.15, 0.2) is 4.67 Å². The number of hydrogen-bond acceptors (Lipinski definition) is 5. The minimum atomic E-state index is -0.459. The predicted molar refractivity (Wildman–Crippen MR) is 97.2 cm³/mol. The summed E-state index contributed by atoms with van der Waals surface area (Å²) in [6, 6.07) is 1.69. The molecule has 3 heterocycles. The van der Waals surface area contributed by atoms with E-state index in [0.717, 1.165) is 35.9 Å². The highest BCUT2D eigenvalue weighted by atomic mass is 79.9. The smallest absolute Gasteiger partial charge is 0.294 e. The Bertz CT molecular complexity index is 706. The van der Waals surface area contributed by atoms with E-state index >= 15 is 0 Å². The summed E-state index contributed by atoms with van der Waals surface area (Å²) >= 11 is 7.33. The lowest BCUT2D eigenvalue weighted by Crippen LogP contribution is -2.44. The van der Waals surface area contributed by atoms with Gasteiger partial charge >= 0.3 is 0 Å². The van der Waals surface area contributed by atoms with Crippen LogP contribution in [0.25, 0.3) is 6.08 Å². The summed E-state index contributed by atoms with van der Waals surface area (Å²) in [6.45, 7) is 1.19.